The molecule has 0 radical (unpaired) electrons. The Balaban J connectivity index is 1.47. The fourth-order valence-electron chi connectivity index (χ4n) is 2.25. The highest BCUT2D eigenvalue weighted by Crippen LogP contribution is 2.44. The van der Waals surface area contributed by atoms with Crippen molar-refractivity contribution in [2.24, 2.45) is 5.92 Å². The molecule has 1 aromatic carbocycles. The molecular formula is C15H16O2. The van der Waals surface area contributed by atoms with Crippen LogP contribution in [0.1, 0.15) is 31.2 Å². The summed E-state index contributed by atoms with van der Waals surface area (Å²) in [5.74, 6) is 0.0978. The van der Waals surface area contributed by atoms with Gasteiger partial charge in [0, 0.05) is 0 Å². The highest BCUT2D eigenvalue weighted by Gasteiger charge is 2.34. The second-order valence-corrected chi connectivity index (χ2v) is 4.91. The Labute approximate surface area is 101 Å². The molecule has 88 valence electrons. The summed E-state index contributed by atoms with van der Waals surface area (Å²) in [4.78, 5) is 11.7. The van der Waals surface area contributed by atoms with Crippen molar-refractivity contribution in [3.05, 3.63) is 47.0 Å². The lowest BCUT2D eigenvalue weighted by Gasteiger charge is -2.27. The van der Waals surface area contributed by atoms with Crippen LogP contribution < -0.4 is 0 Å². The summed E-state index contributed by atoms with van der Waals surface area (Å²) in [7, 11) is 0. The molecule has 2 aliphatic carbocycles. The lowest BCUT2D eigenvalue weighted by Crippen LogP contribution is -2.26. The summed E-state index contributed by atoms with van der Waals surface area (Å²) in [5.41, 5.74) is 4.17. The number of hydrogen-bond acceptors (Lipinski definition) is 2. The number of allylic oxidation sites excluding steroid dienone is 2. The van der Waals surface area contributed by atoms with Gasteiger partial charge in [-0.2, -0.15) is 0 Å². The van der Waals surface area contributed by atoms with Crippen LogP contribution in [-0.2, 0) is 16.1 Å². The normalized spacial score (nSPS) is 22.0. The molecule has 17 heavy (non-hydrogen) atoms. The van der Waals surface area contributed by atoms with Crippen molar-refractivity contribution in [1.82, 2.24) is 0 Å². The first-order valence-corrected chi connectivity index (χ1v) is 6.23. The second-order valence-electron chi connectivity index (χ2n) is 4.91. The van der Waals surface area contributed by atoms with Gasteiger partial charge < -0.3 is 4.74 Å². The van der Waals surface area contributed by atoms with Crippen LogP contribution in [0.2, 0.25) is 0 Å². The number of esters is 1. The van der Waals surface area contributed by atoms with Gasteiger partial charge in [0.05, 0.1) is 5.92 Å². The quantitative estimate of drug-likeness (QED) is 0.586. The third-order valence-electron chi connectivity index (χ3n) is 3.54. The minimum Gasteiger partial charge on any atom is -0.461 e. The molecule has 0 heterocycles. The van der Waals surface area contributed by atoms with Crippen LogP contribution in [0, 0.1) is 5.92 Å². The summed E-state index contributed by atoms with van der Waals surface area (Å²) in [5, 5.41) is 0. The predicted octanol–water partition coefficient (Wildman–Crippen LogP) is 3.23. The average Bonchev–Trinajstić information content (AvgIpc) is 3.10. The summed E-state index contributed by atoms with van der Waals surface area (Å²) in [6, 6.07) is 9.84. The zero-order valence-corrected chi connectivity index (χ0v) is 9.82. The Morgan fingerprint density at radius 2 is 1.82 bits per heavy atom. The second kappa shape index (κ2) is 4.36. The first-order valence-electron chi connectivity index (χ1n) is 6.23. The predicted molar refractivity (Wildman–Crippen MR) is 65.2 cm³/mol. The molecule has 1 aromatic rings. The van der Waals surface area contributed by atoms with Gasteiger partial charge in [-0.25, -0.2) is 0 Å². The Morgan fingerprint density at radius 1 is 1.12 bits per heavy atom. The maximum Gasteiger partial charge on any atom is 0.309 e. The number of carbonyl (C=O) groups is 1. The van der Waals surface area contributed by atoms with Crippen LogP contribution >= 0.6 is 0 Å². The summed E-state index contributed by atoms with van der Waals surface area (Å²) in [6.07, 6.45) is 4.42. The van der Waals surface area contributed by atoms with Gasteiger partial charge in [-0.3, -0.25) is 4.79 Å². The Kier molecular flexibility index (Phi) is 2.71. The first-order chi connectivity index (χ1) is 8.33. The van der Waals surface area contributed by atoms with E-state index in [-0.39, 0.29) is 11.9 Å². The zero-order valence-electron chi connectivity index (χ0n) is 9.82. The molecule has 0 atom stereocenters. The fourth-order valence-corrected chi connectivity index (χ4v) is 2.25. The summed E-state index contributed by atoms with van der Waals surface area (Å²) >= 11 is 0. The van der Waals surface area contributed by atoms with Gasteiger partial charge >= 0.3 is 5.97 Å². The van der Waals surface area contributed by atoms with E-state index < -0.39 is 0 Å². The van der Waals surface area contributed by atoms with E-state index in [9.17, 15) is 4.79 Å². The maximum atomic E-state index is 11.7. The molecule has 2 saturated carbocycles. The topological polar surface area (TPSA) is 26.3 Å². The summed E-state index contributed by atoms with van der Waals surface area (Å²) < 4.78 is 5.32. The van der Waals surface area contributed by atoms with Crippen molar-refractivity contribution in [1.29, 1.82) is 0 Å². The molecule has 0 amide bonds. The van der Waals surface area contributed by atoms with Crippen molar-refractivity contribution in [3.8, 4) is 0 Å². The SMILES string of the molecule is O=C(OCc1ccccc1)C1CC(=C2CC2)C1. The molecule has 2 heteroatoms. The molecule has 0 bridgehead atoms. The van der Waals surface area contributed by atoms with E-state index in [0.29, 0.717) is 6.61 Å². The van der Waals surface area contributed by atoms with E-state index >= 15 is 0 Å². The smallest absolute Gasteiger partial charge is 0.309 e. The van der Waals surface area contributed by atoms with E-state index in [1.807, 2.05) is 30.3 Å². The lowest BCUT2D eigenvalue weighted by atomic mass is 9.79. The summed E-state index contributed by atoms with van der Waals surface area (Å²) in [6.45, 7) is 0.405. The minimum absolute atomic E-state index is 0.0288. The molecule has 0 aliphatic heterocycles. The number of benzene rings is 1. The van der Waals surface area contributed by atoms with Gasteiger partial charge in [-0.05, 0) is 31.2 Å². The van der Waals surface area contributed by atoms with E-state index in [1.54, 1.807) is 5.57 Å². The Morgan fingerprint density at radius 3 is 2.47 bits per heavy atom. The van der Waals surface area contributed by atoms with Crippen LogP contribution in [0.5, 0.6) is 0 Å². The van der Waals surface area contributed by atoms with Crippen molar-refractivity contribution in [2.75, 3.05) is 0 Å². The van der Waals surface area contributed by atoms with Crippen molar-refractivity contribution < 1.29 is 9.53 Å². The standard InChI is InChI=1S/C15H16O2/c16-15(14-8-13(9-14)12-6-7-12)17-10-11-4-2-1-3-5-11/h1-5,14H,6-10H2. The van der Waals surface area contributed by atoms with Crippen molar-refractivity contribution in [3.63, 3.8) is 0 Å². The monoisotopic (exact) mass is 228 g/mol. The molecule has 2 nitrogen and oxygen atoms in total. The molecule has 0 saturated heterocycles. The lowest BCUT2D eigenvalue weighted by molar-refractivity contribution is -0.151. The number of hydrogen-bond donors (Lipinski definition) is 0. The van der Waals surface area contributed by atoms with Crippen LogP contribution in [0.15, 0.2) is 41.5 Å². The van der Waals surface area contributed by atoms with E-state index in [2.05, 4.69) is 0 Å². The van der Waals surface area contributed by atoms with Crippen molar-refractivity contribution >= 4 is 5.97 Å². The largest absolute Gasteiger partial charge is 0.461 e. The first kappa shape index (κ1) is 10.6. The van der Waals surface area contributed by atoms with E-state index in [4.69, 9.17) is 4.74 Å². The number of carbonyl (C=O) groups excluding carboxylic acids is 1. The average molecular weight is 228 g/mol. The number of ether oxygens (including phenoxy) is 1. The molecule has 2 fully saturated rings. The third-order valence-corrected chi connectivity index (χ3v) is 3.54. The van der Waals surface area contributed by atoms with Gasteiger partial charge in [0.25, 0.3) is 0 Å². The minimum atomic E-state index is -0.0288. The molecule has 0 aromatic heterocycles. The fraction of sp³-hybridized carbons (Fsp3) is 0.400. The van der Waals surface area contributed by atoms with E-state index in [1.165, 1.54) is 18.4 Å². The van der Waals surface area contributed by atoms with Gasteiger partial charge in [-0.1, -0.05) is 41.5 Å². The van der Waals surface area contributed by atoms with Crippen LogP contribution in [0.25, 0.3) is 0 Å². The van der Waals surface area contributed by atoms with Crippen molar-refractivity contribution in [2.45, 2.75) is 32.3 Å². The molecular weight excluding hydrogens is 212 g/mol. The third kappa shape index (κ3) is 2.41. The Bertz CT molecular complexity index is 445. The zero-order chi connectivity index (χ0) is 11.7. The molecule has 2 aliphatic rings. The Hall–Kier alpha value is -1.57. The highest BCUT2D eigenvalue weighted by atomic mass is 16.5. The van der Waals surface area contributed by atoms with Gasteiger partial charge in [0.2, 0.25) is 0 Å². The van der Waals surface area contributed by atoms with E-state index in [0.717, 1.165) is 18.4 Å². The maximum absolute atomic E-state index is 11.7. The van der Waals surface area contributed by atoms with Crippen LogP contribution in [0.4, 0.5) is 0 Å². The molecule has 0 N–H and O–H groups in total. The van der Waals surface area contributed by atoms with Crippen LogP contribution in [0.3, 0.4) is 0 Å². The molecule has 3 rings (SSSR count). The molecule has 0 unspecified atom stereocenters. The van der Waals surface area contributed by atoms with Crippen LogP contribution in [-0.4, -0.2) is 5.97 Å². The number of rotatable bonds is 3. The van der Waals surface area contributed by atoms with Gasteiger partial charge in [0.15, 0.2) is 0 Å². The highest BCUT2D eigenvalue weighted by molar-refractivity contribution is 5.75. The van der Waals surface area contributed by atoms with Gasteiger partial charge in [0.1, 0.15) is 6.61 Å². The van der Waals surface area contributed by atoms with Gasteiger partial charge in [-0.15, -0.1) is 0 Å². The molecule has 0 spiro atoms.